The summed E-state index contributed by atoms with van der Waals surface area (Å²) in [7, 11) is 0. The summed E-state index contributed by atoms with van der Waals surface area (Å²) >= 11 is 0. The fraction of sp³-hybridized carbons (Fsp3) is 0.409. The van der Waals surface area contributed by atoms with E-state index in [1.54, 1.807) is 12.3 Å². The third-order valence-corrected chi connectivity index (χ3v) is 5.49. The maximum Gasteiger partial charge on any atom is 0.241 e. The van der Waals surface area contributed by atoms with Crippen LogP contribution >= 0.6 is 0 Å². The largest absolute Gasteiger partial charge is 0.367 e. The third-order valence-electron chi connectivity index (χ3n) is 5.49. The first kappa shape index (κ1) is 20.3. The number of benzene rings is 1. The van der Waals surface area contributed by atoms with Gasteiger partial charge >= 0.3 is 0 Å². The first-order chi connectivity index (χ1) is 14.7. The van der Waals surface area contributed by atoms with Gasteiger partial charge in [0.25, 0.3) is 0 Å². The molecule has 3 heterocycles. The number of aromatic nitrogens is 3. The van der Waals surface area contributed by atoms with Crippen molar-refractivity contribution in [1.29, 1.82) is 0 Å². The Hall–Kier alpha value is -3.00. The van der Waals surface area contributed by atoms with Gasteiger partial charge in [-0.25, -0.2) is 9.37 Å². The highest BCUT2D eigenvalue weighted by molar-refractivity contribution is 5.55. The Labute approximate surface area is 176 Å². The zero-order chi connectivity index (χ0) is 20.9. The van der Waals surface area contributed by atoms with E-state index in [-0.39, 0.29) is 5.82 Å². The van der Waals surface area contributed by atoms with Crippen molar-refractivity contribution in [2.45, 2.75) is 20.4 Å². The second kappa shape index (κ2) is 9.21. The van der Waals surface area contributed by atoms with Crippen molar-refractivity contribution in [2.24, 2.45) is 0 Å². The lowest BCUT2D eigenvalue weighted by Crippen LogP contribution is -2.46. The monoisotopic (exact) mass is 410 g/mol. The van der Waals surface area contributed by atoms with Crippen LogP contribution in [-0.2, 0) is 6.54 Å². The van der Waals surface area contributed by atoms with Crippen LogP contribution in [0.25, 0.3) is 11.4 Å². The molecule has 0 saturated carbocycles. The number of para-hydroxylation sites is 1. The topological polar surface area (TPSA) is 61.5 Å². The minimum atomic E-state index is -0.173. The molecule has 1 aliphatic rings. The average Bonchev–Trinajstić information content (AvgIpc) is 3.25. The summed E-state index contributed by atoms with van der Waals surface area (Å²) in [6, 6.07) is 10.9. The lowest BCUT2D eigenvalue weighted by Gasteiger charge is -2.35. The fourth-order valence-corrected chi connectivity index (χ4v) is 3.74. The van der Waals surface area contributed by atoms with Crippen LogP contribution in [0.1, 0.15) is 19.7 Å². The summed E-state index contributed by atoms with van der Waals surface area (Å²) in [5.74, 6) is 1.90. The molecule has 1 aliphatic heterocycles. The second-order valence-electron chi connectivity index (χ2n) is 7.30. The van der Waals surface area contributed by atoms with Crippen LogP contribution in [0.4, 0.5) is 15.9 Å². The molecule has 7 nitrogen and oxygen atoms in total. The van der Waals surface area contributed by atoms with E-state index in [0.29, 0.717) is 23.9 Å². The first-order valence-corrected chi connectivity index (χ1v) is 10.4. The quantitative estimate of drug-likeness (QED) is 0.591. The van der Waals surface area contributed by atoms with Gasteiger partial charge in [0.2, 0.25) is 11.7 Å². The molecule has 8 heteroatoms. The molecular weight excluding hydrogens is 383 g/mol. The Morgan fingerprint density at radius 1 is 1.03 bits per heavy atom. The van der Waals surface area contributed by atoms with E-state index in [2.05, 4.69) is 43.7 Å². The van der Waals surface area contributed by atoms with Gasteiger partial charge in [0, 0.05) is 51.0 Å². The van der Waals surface area contributed by atoms with Crippen molar-refractivity contribution < 1.29 is 8.91 Å². The number of halogens is 1. The summed E-state index contributed by atoms with van der Waals surface area (Å²) in [6.45, 7) is 9.79. The van der Waals surface area contributed by atoms with Crippen LogP contribution in [0, 0.1) is 5.82 Å². The van der Waals surface area contributed by atoms with Crippen molar-refractivity contribution in [3.05, 3.63) is 54.3 Å². The number of anilines is 2. The van der Waals surface area contributed by atoms with Crippen LogP contribution < -0.4 is 9.80 Å². The molecule has 3 aromatic rings. The lowest BCUT2D eigenvalue weighted by atomic mass is 10.2. The normalized spacial score (nSPS) is 14.8. The van der Waals surface area contributed by atoms with Gasteiger partial charge in [-0.1, -0.05) is 17.3 Å². The summed E-state index contributed by atoms with van der Waals surface area (Å²) in [6.07, 6.45) is 1.79. The Morgan fingerprint density at radius 2 is 1.80 bits per heavy atom. The molecule has 30 heavy (non-hydrogen) atoms. The van der Waals surface area contributed by atoms with Crippen LogP contribution in [0.15, 0.2) is 47.1 Å². The zero-order valence-corrected chi connectivity index (χ0v) is 17.5. The minimum Gasteiger partial charge on any atom is -0.367 e. The van der Waals surface area contributed by atoms with E-state index in [0.717, 1.165) is 50.6 Å². The summed E-state index contributed by atoms with van der Waals surface area (Å²) in [5.41, 5.74) is 1.50. The second-order valence-corrected chi connectivity index (χ2v) is 7.30. The van der Waals surface area contributed by atoms with Gasteiger partial charge in [-0.05, 0) is 38.1 Å². The number of rotatable bonds is 7. The molecule has 0 spiro atoms. The maximum atomic E-state index is 14.0. The van der Waals surface area contributed by atoms with Crippen molar-refractivity contribution >= 4 is 11.5 Å². The van der Waals surface area contributed by atoms with Gasteiger partial charge in [-0.2, -0.15) is 4.98 Å². The van der Waals surface area contributed by atoms with Crippen LogP contribution in [0.5, 0.6) is 0 Å². The van der Waals surface area contributed by atoms with Gasteiger partial charge in [0.1, 0.15) is 11.6 Å². The Balaban J connectivity index is 1.35. The molecule has 2 aromatic heterocycles. The third kappa shape index (κ3) is 4.43. The predicted octanol–water partition coefficient (Wildman–Crippen LogP) is 3.44. The van der Waals surface area contributed by atoms with E-state index >= 15 is 0 Å². The van der Waals surface area contributed by atoms with E-state index in [4.69, 9.17) is 4.52 Å². The zero-order valence-electron chi connectivity index (χ0n) is 17.5. The van der Waals surface area contributed by atoms with Gasteiger partial charge in [0.15, 0.2) is 0 Å². The van der Waals surface area contributed by atoms with Crippen molar-refractivity contribution in [3.63, 3.8) is 0 Å². The lowest BCUT2D eigenvalue weighted by molar-refractivity contribution is 0.215. The number of piperazine rings is 1. The maximum absolute atomic E-state index is 14.0. The molecule has 0 aliphatic carbocycles. The molecule has 0 atom stereocenters. The van der Waals surface area contributed by atoms with Gasteiger partial charge < -0.3 is 14.3 Å². The molecule has 0 unspecified atom stereocenters. The SMILES string of the molecule is CCN(CC)c1ccc(-c2noc(CN3CCN(c4ccccc4F)CC3)n2)cn1. The van der Waals surface area contributed by atoms with Gasteiger partial charge in [0.05, 0.1) is 12.2 Å². The standard InChI is InChI=1S/C22H27FN6O/c1-3-28(4-2)20-10-9-17(15-24-20)22-25-21(30-26-22)16-27-11-13-29(14-12-27)19-8-6-5-7-18(19)23/h5-10,15H,3-4,11-14,16H2,1-2H3. The Morgan fingerprint density at radius 3 is 2.47 bits per heavy atom. The summed E-state index contributed by atoms with van der Waals surface area (Å²) < 4.78 is 19.5. The van der Waals surface area contributed by atoms with Crippen LogP contribution in [0.3, 0.4) is 0 Å². The highest BCUT2D eigenvalue weighted by Gasteiger charge is 2.21. The molecule has 0 radical (unpaired) electrons. The van der Waals surface area contributed by atoms with E-state index in [1.165, 1.54) is 6.07 Å². The van der Waals surface area contributed by atoms with Crippen LogP contribution in [-0.4, -0.2) is 59.3 Å². The minimum absolute atomic E-state index is 0.173. The molecule has 0 amide bonds. The molecule has 1 fully saturated rings. The Bertz CT molecular complexity index is 948. The summed E-state index contributed by atoms with van der Waals surface area (Å²) in [4.78, 5) is 15.6. The van der Waals surface area contributed by atoms with Crippen molar-refractivity contribution in [3.8, 4) is 11.4 Å². The van der Waals surface area contributed by atoms with Gasteiger partial charge in [-0.3, -0.25) is 4.90 Å². The molecule has 0 bridgehead atoms. The van der Waals surface area contributed by atoms with Crippen molar-refractivity contribution in [1.82, 2.24) is 20.0 Å². The number of hydrogen-bond acceptors (Lipinski definition) is 7. The first-order valence-electron chi connectivity index (χ1n) is 10.4. The number of pyridine rings is 1. The molecule has 1 saturated heterocycles. The average molecular weight is 410 g/mol. The predicted molar refractivity (Wildman–Crippen MR) is 115 cm³/mol. The highest BCUT2D eigenvalue weighted by Crippen LogP contribution is 2.22. The summed E-state index contributed by atoms with van der Waals surface area (Å²) in [5, 5.41) is 4.11. The molecule has 158 valence electrons. The Kier molecular flexibility index (Phi) is 6.23. The fourth-order valence-electron chi connectivity index (χ4n) is 3.74. The molecule has 0 N–H and O–H groups in total. The van der Waals surface area contributed by atoms with Gasteiger partial charge in [-0.15, -0.1) is 0 Å². The highest BCUT2D eigenvalue weighted by atomic mass is 19.1. The van der Waals surface area contributed by atoms with Crippen molar-refractivity contribution in [2.75, 3.05) is 49.1 Å². The van der Waals surface area contributed by atoms with E-state index in [1.807, 2.05) is 24.3 Å². The van der Waals surface area contributed by atoms with Crippen LogP contribution in [0.2, 0.25) is 0 Å². The smallest absolute Gasteiger partial charge is 0.241 e. The number of hydrogen-bond donors (Lipinski definition) is 0. The number of nitrogens with zero attached hydrogens (tertiary/aromatic N) is 6. The van der Waals surface area contributed by atoms with E-state index < -0.39 is 0 Å². The molecular formula is C22H27FN6O. The van der Waals surface area contributed by atoms with E-state index in [9.17, 15) is 4.39 Å². The molecule has 1 aromatic carbocycles. The molecule has 4 rings (SSSR count).